The summed E-state index contributed by atoms with van der Waals surface area (Å²) < 4.78 is 41.4. The molecule has 0 amide bonds. The van der Waals surface area contributed by atoms with E-state index < -0.39 is 18.7 Å². The number of esters is 1. The molecule has 0 N–H and O–H groups in total. The molecule has 0 aliphatic rings. The van der Waals surface area contributed by atoms with Crippen LogP contribution in [-0.4, -0.2) is 42.2 Å². The Hall–Kier alpha value is -1.63. The number of hydrogen-bond acceptors (Lipinski definition) is 4. The molecule has 4 nitrogen and oxygen atoms in total. The van der Waals surface area contributed by atoms with Gasteiger partial charge in [0.15, 0.2) is 0 Å². The number of halogens is 3. The lowest BCUT2D eigenvalue weighted by molar-refractivity contribution is -0.146. The van der Waals surface area contributed by atoms with Crippen LogP contribution in [0.1, 0.15) is 23.0 Å². The maximum atomic E-state index is 12.3. The highest BCUT2D eigenvalue weighted by atomic mass is 19.4. The van der Waals surface area contributed by atoms with Gasteiger partial charge < -0.3 is 4.74 Å². The summed E-state index contributed by atoms with van der Waals surface area (Å²) in [6.07, 6.45) is -2.94. The van der Waals surface area contributed by atoms with Crippen molar-refractivity contribution in [2.24, 2.45) is 0 Å². The number of pyridine rings is 1. The number of hydrogen-bond donors (Lipinski definition) is 0. The predicted octanol–water partition coefficient (Wildman–Crippen LogP) is 2.25. The van der Waals surface area contributed by atoms with E-state index in [0.29, 0.717) is 5.69 Å². The molecule has 0 aliphatic heterocycles. The first-order valence-electron chi connectivity index (χ1n) is 5.68. The molecular weight excluding hydrogens is 261 g/mol. The molecule has 7 heteroatoms. The minimum absolute atomic E-state index is 0.0808. The van der Waals surface area contributed by atoms with Crippen LogP contribution < -0.4 is 0 Å². The lowest BCUT2D eigenvalue weighted by Gasteiger charge is -2.21. The Morgan fingerprint density at radius 1 is 1.42 bits per heavy atom. The quantitative estimate of drug-likeness (QED) is 0.774. The second kappa shape index (κ2) is 6.51. The molecule has 0 aliphatic carbocycles. The Balaban J connectivity index is 2.68. The van der Waals surface area contributed by atoms with Crippen LogP contribution in [0.5, 0.6) is 0 Å². The molecular formula is C12H15F3N2O2. The van der Waals surface area contributed by atoms with E-state index in [0.717, 1.165) is 0 Å². The zero-order valence-corrected chi connectivity index (χ0v) is 10.7. The second-order valence-electron chi connectivity index (χ2n) is 3.95. The molecule has 1 heterocycles. The molecule has 0 atom stereocenters. The number of rotatable bonds is 5. The van der Waals surface area contributed by atoms with Gasteiger partial charge in [-0.25, -0.2) is 4.79 Å². The highest BCUT2D eigenvalue weighted by Crippen LogP contribution is 2.17. The van der Waals surface area contributed by atoms with E-state index in [1.165, 1.54) is 30.3 Å². The van der Waals surface area contributed by atoms with Crippen LogP contribution >= 0.6 is 0 Å². The van der Waals surface area contributed by atoms with Crippen LogP contribution in [0.15, 0.2) is 18.3 Å². The van der Waals surface area contributed by atoms with Gasteiger partial charge in [-0.05, 0) is 18.7 Å². The molecule has 0 saturated heterocycles. The highest BCUT2D eigenvalue weighted by molar-refractivity contribution is 5.88. The van der Waals surface area contributed by atoms with Crippen LogP contribution in [0.4, 0.5) is 13.2 Å². The number of ether oxygens (including phenoxy) is 1. The van der Waals surface area contributed by atoms with Crippen LogP contribution in [0.2, 0.25) is 0 Å². The number of carbonyl (C=O) groups excluding carboxylic acids is 1. The Bertz CT molecular complexity index is 418. The Labute approximate surface area is 109 Å². The van der Waals surface area contributed by atoms with Crippen molar-refractivity contribution in [2.45, 2.75) is 19.6 Å². The zero-order chi connectivity index (χ0) is 14.5. The van der Waals surface area contributed by atoms with Gasteiger partial charge in [-0.3, -0.25) is 9.88 Å². The topological polar surface area (TPSA) is 42.4 Å². The summed E-state index contributed by atoms with van der Waals surface area (Å²) in [5, 5.41) is 0. The van der Waals surface area contributed by atoms with Gasteiger partial charge in [-0.1, -0.05) is 6.92 Å². The zero-order valence-electron chi connectivity index (χ0n) is 10.7. The van der Waals surface area contributed by atoms with Gasteiger partial charge in [0, 0.05) is 12.7 Å². The molecule has 0 aromatic carbocycles. The fourth-order valence-electron chi connectivity index (χ4n) is 1.52. The van der Waals surface area contributed by atoms with Crippen molar-refractivity contribution in [1.82, 2.24) is 9.88 Å². The first kappa shape index (κ1) is 15.4. The Morgan fingerprint density at radius 2 is 2.11 bits per heavy atom. The van der Waals surface area contributed by atoms with Crippen LogP contribution in [0, 0.1) is 0 Å². The highest BCUT2D eigenvalue weighted by Gasteiger charge is 2.30. The first-order valence-corrected chi connectivity index (χ1v) is 5.68. The molecule has 0 fully saturated rings. The number of nitrogens with zero attached hydrogens (tertiary/aromatic N) is 2. The average molecular weight is 276 g/mol. The first-order chi connectivity index (χ1) is 8.85. The van der Waals surface area contributed by atoms with E-state index in [1.54, 1.807) is 6.92 Å². The predicted molar refractivity (Wildman–Crippen MR) is 62.6 cm³/mol. The Kier molecular flexibility index (Phi) is 5.29. The van der Waals surface area contributed by atoms with Crippen LogP contribution in [0.3, 0.4) is 0 Å². The average Bonchev–Trinajstić information content (AvgIpc) is 2.36. The lowest BCUT2D eigenvalue weighted by Crippen LogP contribution is -2.33. The summed E-state index contributed by atoms with van der Waals surface area (Å²) in [4.78, 5) is 16.3. The number of carbonyl (C=O) groups is 1. The van der Waals surface area contributed by atoms with E-state index in [9.17, 15) is 18.0 Å². The molecule has 0 unspecified atom stereocenters. The van der Waals surface area contributed by atoms with E-state index in [-0.39, 0.29) is 18.7 Å². The minimum atomic E-state index is -4.23. The fourth-order valence-corrected chi connectivity index (χ4v) is 1.52. The molecule has 19 heavy (non-hydrogen) atoms. The SMILES string of the molecule is CCN(Cc1ccc(C(=O)OC)cn1)CC(F)(F)F. The molecule has 1 rings (SSSR count). The van der Waals surface area contributed by atoms with Crippen LogP contribution in [-0.2, 0) is 11.3 Å². The fraction of sp³-hybridized carbons (Fsp3) is 0.500. The van der Waals surface area contributed by atoms with E-state index in [2.05, 4.69) is 9.72 Å². The van der Waals surface area contributed by atoms with Crippen molar-refractivity contribution in [3.8, 4) is 0 Å². The molecule has 0 bridgehead atoms. The van der Waals surface area contributed by atoms with Gasteiger partial charge >= 0.3 is 12.1 Å². The van der Waals surface area contributed by atoms with E-state index >= 15 is 0 Å². The van der Waals surface area contributed by atoms with Crippen LogP contribution in [0.25, 0.3) is 0 Å². The molecule has 106 valence electrons. The summed E-state index contributed by atoms with van der Waals surface area (Å²) in [6, 6.07) is 3.00. The third kappa shape index (κ3) is 5.25. The molecule has 0 spiro atoms. The van der Waals surface area contributed by atoms with Gasteiger partial charge in [0.05, 0.1) is 24.9 Å². The van der Waals surface area contributed by atoms with Crippen molar-refractivity contribution in [3.05, 3.63) is 29.6 Å². The van der Waals surface area contributed by atoms with Gasteiger partial charge in [-0.15, -0.1) is 0 Å². The number of alkyl halides is 3. The van der Waals surface area contributed by atoms with Crippen molar-refractivity contribution >= 4 is 5.97 Å². The van der Waals surface area contributed by atoms with Gasteiger partial charge in [-0.2, -0.15) is 13.2 Å². The smallest absolute Gasteiger partial charge is 0.401 e. The molecule has 0 radical (unpaired) electrons. The summed E-state index contributed by atoms with van der Waals surface area (Å²) in [7, 11) is 1.25. The lowest BCUT2D eigenvalue weighted by atomic mass is 10.2. The van der Waals surface area contributed by atoms with E-state index in [1.807, 2.05) is 0 Å². The monoisotopic (exact) mass is 276 g/mol. The summed E-state index contributed by atoms with van der Waals surface area (Å²) in [5.41, 5.74) is 0.740. The maximum absolute atomic E-state index is 12.3. The minimum Gasteiger partial charge on any atom is -0.465 e. The Morgan fingerprint density at radius 3 is 2.53 bits per heavy atom. The third-order valence-electron chi connectivity index (χ3n) is 2.48. The van der Waals surface area contributed by atoms with Gasteiger partial charge in [0.2, 0.25) is 0 Å². The summed E-state index contributed by atoms with van der Waals surface area (Å²) in [6.45, 7) is 1.01. The van der Waals surface area contributed by atoms with Gasteiger partial charge in [0.1, 0.15) is 0 Å². The number of methoxy groups -OCH3 is 1. The molecule has 1 aromatic rings. The van der Waals surface area contributed by atoms with Crippen molar-refractivity contribution in [1.29, 1.82) is 0 Å². The summed E-state index contributed by atoms with van der Waals surface area (Å²) in [5.74, 6) is -0.526. The standard InChI is InChI=1S/C12H15F3N2O2/c1-3-17(8-12(13,14)15)7-10-5-4-9(6-16-10)11(18)19-2/h4-6H,3,7-8H2,1-2H3. The van der Waals surface area contributed by atoms with Crippen molar-refractivity contribution < 1.29 is 22.7 Å². The van der Waals surface area contributed by atoms with Gasteiger partial charge in [0.25, 0.3) is 0 Å². The second-order valence-corrected chi connectivity index (χ2v) is 3.95. The molecule has 0 saturated carbocycles. The molecule has 1 aromatic heterocycles. The number of aromatic nitrogens is 1. The van der Waals surface area contributed by atoms with E-state index in [4.69, 9.17) is 0 Å². The third-order valence-corrected chi connectivity index (χ3v) is 2.48. The summed E-state index contributed by atoms with van der Waals surface area (Å²) >= 11 is 0. The maximum Gasteiger partial charge on any atom is 0.401 e. The largest absolute Gasteiger partial charge is 0.465 e. The van der Waals surface area contributed by atoms with Crippen molar-refractivity contribution in [2.75, 3.05) is 20.2 Å². The normalized spacial score (nSPS) is 11.7. The van der Waals surface area contributed by atoms with Crippen molar-refractivity contribution in [3.63, 3.8) is 0 Å².